The smallest absolute Gasteiger partial charge is 0.255 e. The number of aromatic nitrogens is 1. The summed E-state index contributed by atoms with van der Waals surface area (Å²) in [5.41, 5.74) is 4.08. The zero-order chi connectivity index (χ0) is 21.3. The molecule has 3 aromatic rings. The van der Waals surface area contributed by atoms with Crippen LogP contribution >= 0.6 is 0 Å². The van der Waals surface area contributed by atoms with E-state index >= 15 is 0 Å². The van der Waals surface area contributed by atoms with Gasteiger partial charge in [0.15, 0.2) is 0 Å². The molecule has 1 saturated heterocycles. The summed E-state index contributed by atoms with van der Waals surface area (Å²) in [7, 11) is -3.51. The molecule has 0 unspecified atom stereocenters. The van der Waals surface area contributed by atoms with Crippen LogP contribution < -0.4 is 5.32 Å². The van der Waals surface area contributed by atoms with Gasteiger partial charge in [-0.3, -0.25) is 9.78 Å². The van der Waals surface area contributed by atoms with E-state index in [1.165, 1.54) is 16.4 Å². The summed E-state index contributed by atoms with van der Waals surface area (Å²) in [6.07, 6.45) is 4.51. The van der Waals surface area contributed by atoms with Crippen molar-refractivity contribution < 1.29 is 13.2 Å². The van der Waals surface area contributed by atoms with Crippen molar-refractivity contribution in [1.29, 1.82) is 0 Å². The predicted molar refractivity (Wildman–Crippen MR) is 118 cm³/mol. The number of amides is 1. The van der Waals surface area contributed by atoms with Crippen molar-refractivity contribution in [2.75, 3.05) is 18.4 Å². The Morgan fingerprint density at radius 3 is 2.40 bits per heavy atom. The number of nitrogens with one attached hydrogen (secondary N) is 1. The number of carbonyl (C=O) groups excluding carboxylic acids is 1. The van der Waals surface area contributed by atoms with Crippen molar-refractivity contribution in [2.24, 2.45) is 0 Å². The van der Waals surface area contributed by atoms with Crippen molar-refractivity contribution in [2.45, 2.75) is 38.0 Å². The van der Waals surface area contributed by atoms with Crippen LogP contribution in [-0.2, 0) is 10.0 Å². The second-order valence-corrected chi connectivity index (χ2v) is 9.72. The van der Waals surface area contributed by atoms with Gasteiger partial charge >= 0.3 is 0 Å². The van der Waals surface area contributed by atoms with Gasteiger partial charge < -0.3 is 5.32 Å². The van der Waals surface area contributed by atoms with Crippen LogP contribution in [0.4, 0.5) is 5.69 Å². The first-order chi connectivity index (χ1) is 14.4. The van der Waals surface area contributed by atoms with Crippen LogP contribution in [0.25, 0.3) is 10.9 Å². The number of pyridine rings is 1. The molecule has 2 aromatic carbocycles. The van der Waals surface area contributed by atoms with Crippen LogP contribution in [0.1, 0.15) is 40.7 Å². The van der Waals surface area contributed by atoms with Crippen LogP contribution in [0.15, 0.2) is 53.6 Å². The molecule has 4 rings (SSSR count). The van der Waals surface area contributed by atoms with E-state index in [2.05, 4.69) is 16.4 Å². The van der Waals surface area contributed by atoms with E-state index < -0.39 is 10.0 Å². The number of rotatable bonds is 4. The molecule has 1 aromatic heterocycles. The summed E-state index contributed by atoms with van der Waals surface area (Å²) in [5.74, 6) is -0.288. The number of carbonyl (C=O) groups is 1. The minimum Gasteiger partial charge on any atom is -0.321 e. The van der Waals surface area contributed by atoms with E-state index in [0.717, 1.165) is 41.3 Å². The van der Waals surface area contributed by atoms with Gasteiger partial charge in [0.2, 0.25) is 10.0 Å². The number of anilines is 1. The van der Waals surface area contributed by atoms with Gasteiger partial charge in [0.25, 0.3) is 5.91 Å². The Bertz CT molecular complexity index is 1200. The van der Waals surface area contributed by atoms with E-state index in [1.807, 2.05) is 19.9 Å². The summed E-state index contributed by atoms with van der Waals surface area (Å²) >= 11 is 0. The molecule has 0 bridgehead atoms. The molecule has 1 aliphatic heterocycles. The lowest BCUT2D eigenvalue weighted by molar-refractivity contribution is 0.102. The van der Waals surface area contributed by atoms with Gasteiger partial charge in [0.05, 0.1) is 16.1 Å². The Labute approximate surface area is 177 Å². The molecule has 0 saturated carbocycles. The van der Waals surface area contributed by atoms with Gasteiger partial charge in [-0.2, -0.15) is 4.31 Å². The molecule has 7 heteroatoms. The van der Waals surface area contributed by atoms with E-state index in [4.69, 9.17) is 0 Å². The Hall–Kier alpha value is -2.77. The monoisotopic (exact) mass is 423 g/mol. The fourth-order valence-corrected chi connectivity index (χ4v) is 5.47. The largest absolute Gasteiger partial charge is 0.321 e. The number of hydrogen-bond donors (Lipinski definition) is 1. The summed E-state index contributed by atoms with van der Waals surface area (Å²) in [5, 5.41) is 3.82. The zero-order valence-electron chi connectivity index (χ0n) is 17.2. The zero-order valence-corrected chi connectivity index (χ0v) is 18.0. The maximum Gasteiger partial charge on any atom is 0.255 e. The molecule has 156 valence electrons. The van der Waals surface area contributed by atoms with Gasteiger partial charge in [-0.15, -0.1) is 0 Å². The predicted octanol–water partition coefficient (Wildman–Crippen LogP) is 4.28. The van der Waals surface area contributed by atoms with E-state index in [1.54, 1.807) is 24.4 Å². The summed E-state index contributed by atoms with van der Waals surface area (Å²) in [6.45, 7) is 5.11. The van der Waals surface area contributed by atoms with Crippen molar-refractivity contribution >= 4 is 32.5 Å². The average Bonchev–Trinajstić information content (AvgIpc) is 2.75. The third-order valence-corrected chi connectivity index (χ3v) is 7.41. The number of piperidine rings is 1. The molecule has 0 spiro atoms. The van der Waals surface area contributed by atoms with E-state index in [9.17, 15) is 13.2 Å². The van der Waals surface area contributed by atoms with Crippen LogP contribution in [-0.4, -0.2) is 36.7 Å². The van der Waals surface area contributed by atoms with Crippen LogP contribution in [0.2, 0.25) is 0 Å². The maximum absolute atomic E-state index is 12.8. The molecule has 0 aliphatic carbocycles. The van der Waals surface area contributed by atoms with E-state index in [-0.39, 0.29) is 10.8 Å². The molecule has 30 heavy (non-hydrogen) atoms. The van der Waals surface area contributed by atoms with Gasteiger partial charge in [0, 0.05) is 30.2 Å². The SMILES string of the molecule is Cc1cc(C)c2nccc(NC(=O)c3ccc(S(=O)(=O)N4CCCCC4)cc3)c2c1. The lowest BCUT2D eigenvalue weighted by atomic mass is 10.1. The average molecular weight is 424 g/mol. The highest BCUT2D eigenvalue weighted by molar-refractivity contribution is 7.89. The molecule has 1 amide bonds. The Morgan fingerprint density at radius 2 is 1.70 bits per heavy atom. The fourth-order valence-electron chi connectivity index (χ4n) is 3.95. The summed E-state index contributed by atoms with van der Waals surface area (Å²) in [4.78, 5) is 17.4. The molecule has 1 fully saturated rings. The standard InChI is InChI=1S/C23H25N3O3S/c1-16-14-17(2)22-20(15-16)21(10-11-24-22)25-23(27)18-6-8-19(9-7-18)30(28,29)26-12-4-3-5-13-26/h6-11,14-15H,3-5,12-13H2,1-2H3,(H,24,25,27). The minimum absolute atomic E-state index is 0.224. The highest BCUT2D eigenvalue weighted by Gasteiger charge is 2.26. The molecule has 6 nitrogen and oxygen atoms in total. The molecule has 0 atom stereocenters. The van der Waals surface area contributed by atoms with Crippen LogP contribution in [0.3, 0.4) is 0 Å². The second kappa shape index (κ2) is 8.16. The summed E-state index contributed by atoms with van der Waals surface area (Å²) in [6, 6.07) is 12.0. The van der Waals surface area contributed by atoms with E-state index in [0.29, 0.717) is 24.3 Å². The quantitative estimate of drug-likeness (QED) is 0.679. The number of fused-ring (bicyclic) bond motifs is 1. The van der Waals surface area contributed by atoms with Crippen molar-refractivity contribution in [3.63, 3.8) is 0 Å². The van der Waals surface area contributed by atoms with Gasteiger partial charge in [-0.1, -0.05) is 18.1 Å². The maximum atomic E-state index is 12.8. The molecular weight excluding hydrogens is 398 g/mol. The third-order valence-electron chi connectivity index (χ3n) is 5.50. The normalized spacial score (nSPS) is 15.3. The van der Waals surface area contributed by atoms with Crippen LogP contribution in [0, 0.1) is 13.8 Å². The first-order valence-electron chi connectivity index (χ1n) is 10.1. The highest BCUT2D eigenvalue weighted by atomic mass is 32.2. The summed E-state index contributed by atoms with van der Waals surface area (Å²) < 4.78 is 27.1. The first kappa shape index (κ1) is 20.5. The van der Waals surface area contributed by atoms with Crippen molar-refractivity contribution in [1.82, 2.24) is 9.29 Å². The Morgan fingerprint density at radius 1 is 1.00 bits per heavy atom. The Kier molecular flexibility index (Phi) is 5.58. The number of benzene rings is 2. The molecule has 1 N–H and O–H groups in total. The second-order valence-electron chi connectivity index (χ2n) is 7.78. The molecule has 2 heterocycles. The number of sulfonamides is 1. The number of hydrogen-bond acceptors (Lipinski definition) is 4. The first-order valence-corrected chi connectivity index (χ1v) is 11.6. The molecule has 0 radical (unpaired) electrons. The van der Waals surface area contributed by atoms with Gasteiger partial charge in [-0.25, -0.2) is 8.42 Å². The lowest BCUT2D eigenvalue weighted by Gasteiger charge is -2.25. The van der Waals surface area contributed by atoms with Gasteiger partial charge in [0.1, 0.15) is 0 Å². The topological polar surface area (TPSA) is 79.4 Å². The number of aryl methyl sites for hydroxylation is 2. The number of nitrogens with zero attached hydrogens (tertiary/aromatic N) is 2. The third kappa shape index (κ3) is 3.95. The minimum atomic E-state index is -3.51. The van der Waals surface area contributed by atoms with Crippen LogP contribution in [0.5, 0.6) is 0 Å². The van der Waals surface area contributed by atoms with Gasteiger partial charge in [-0.05, 0) is 68.7 Å². The lowest BCUT2D eigenvalue weighted by Crippen LogP contribution is -2.35. The van der Waals surface area contributed by atoms with Crippen molar-refractivity contribution in [3.05, 3.63) is 65.4 Å². The molecular formula is C23H25N3O3S. The highest BCUT2D eigenvalue weighted by Crippen LogP contribution is 2.26. The Balaban J connectivity index is 1.57. The molecule has 1 aliphatic rings. The van der Waals surface area contributed by atoms with Crippen molar-refractivity contribution in [3.8, 4) is 0 Å². The fraction of sp³-hybridized carbons (Fsp3) is 0.304.